The van der Waals surface area contributed by atoms with Crippen molar-refractivity contribution in [3.8, 4) is 0 Å². The fraction of sp³-hybridized carbons (Fsp3) is 0.500. The molecule has 1 atom stereocenters. The highest BCUT2D eigenvalue weighted by Gasteiger charge is 2.30. The normalized spacial score (nSPS) is 18.8. The molecule has 1 N–H and O–H groups in total. The Hall–Kier alpha value is -2.32. The van der Waals surface area contributed by atoms with Crippen LogP contribution in [0.1, 0.15) is 40.4 Å². The van der Waals surface area contributed by atoms with Crippen molar-refractivity contribution in [3.63, 3.8) is 0 Å². The van der Waals surface area contributed by atoms with Crippen molar-refractivity contribution >= 4 is 23.2 Å². The Balaban J connectivity index is 1.35. The van der Waals surface area contributed by atoms with Crippen molar-refractivity contribution in [1.82, 2.24) is 20.2 Å². The fourth-order valence-electron chi connectivity index (χ4n) is 3.65. The molecule has 0 aliphatic carbocycles. The Bertz CT molecular complexity index is 876. The van der Waals surface area contributed by atoms with E-state index in [-0.39, 0.29) is 24.3 Å². The number of thiazole rings is 1. The van der Waals surface area contributed by atoms with Gasteiger partial charge in [0.1, 0.15) is 6.10 Å². The summed E-state index contributed by atoms with van der Waals surface area (Å²) in [5.74, 6) is 0.0265. The van der Waals surface area contributed by atoms with Crippen molar-refractivity contribution in [2.45, 2.75) is 51.8 Å². The molecule has 4 heterocycles. The Morgan fingerprint density at radius 2 is 2.32 bits per heavy atom. The summed E-state index contributed by atoms with van der Waals surface area (Å²) < 4.78 is 5.54. The third-order valence-electron chi connectivity index (χ3n) is 5.11. The van der Waals surface area contributed by atoms with Gasteiger partial charge in [-0.25, -0.2) is 4.98 Å². The number of rotatable bonds is 5. The van der Waals surface area contributed by atoms with E-state index in [4.69, 9.17) is 4.74 Å². The van der Waals surface area contributed by atoms with Crippen molar-refractivity contribution in [3.05, 3.63) is 45.2 Å². The summed E-state index contributed by atoms with van der Waals surface area (Å²) >= 11 is 1.55. The molecule has 0 spiro atoms. The zero-order chi connectivity index (χ0) is 19.5. The molecule has 8 heteroatoms. The second kappa shape index (κ2) is 8.36. The van der Waals surface area contributed by atoms with Crippen molar-refractivity contribution in [2.75, 3.05) is 13.2 Å². The number of fused-ring (bicyclic) bond motifs is 1. The molecular weight excluding hydrogens is 376 g/mol. The number of ether oxygens (including phenoxy) is 1. The van der Waals surface area contributed by atoms with Crippen LogP contribution in [0.15, 0.2) is 17.6 Å². The topological polar surface area (TPSA) is 84.4 Å². The van der Waals surface area contributed by atoms with Crippen LogP contribution in [0.25, 0.3) is 0 Å². The largest absolute Gasteiger partial charge is 0.368 e. The summed E-state index contributed by atoms with van der Waals surface area (Å²) in [6, 6.07) is 2.05. The molecule has 28 heavy (non-hydrogen) atoms. The lowest BCUT2D eigenvalue weighted by atomic mass is 10.0. The number of nitrogens with zero attached hydrogens (tertiary/aromatic N) is 3. The highest BCUT2D eigenvalue weighted by molar-refractivity contribution is 7.09. The Morgan fingerprint density at radius 1 is 1.43 bits per heavy atom. The van der Waals surface area contributed by atoms with Crippen LogP contribution in [-0.4, -0.2) is 45.9 Å². The molecule has 148 valence electrons. The summed E-state index contributed by atoms with van der Waals surface area (Å²) in [6.45, 7) is 4.26. The molecule has 1 fully saturated rings. The number of amides is 2. The molecule has 2 amide bonds. The van der Waals surface area contributed by atoms with Crippen LogP contribution in [0.2, 0.25) is 0 Å². The third kappa shape index (κ3) is 4.39. The molecule has 0 bridgehead atoms. The van der Waals surface area contributed by atoms with Gasteiger partial charge in [-0.05, 0) is 37.0 Å². The number of hydrogen-bond donors (Lipinski definition) is 1. The monoisotopic (exact) mass is 400 g/mol. The summed E-state index contributed by atoms with van der Waals surface area (Å²) in [6.07, 6.45) is 4.32. The van der Waals surface area contributed by atoms with Crippen molar-refractivity contribution in [1.29, 1.82) is 0 Å². The molecular formula is C20H24N4O3S. The Kier molecular flexibility index (Phi) is 5.68. The molecule has 2 aliphatic heterocycles. The van der Waals surface area contributed by atoms with Crippen molar-refractivity contribution < 1.29 is 14.3 Å². The number of carbonyl (C=O) groups excluding carboxylic acids is 2. The SMILES string of the molecule is Cc1nc(CC(=O)NCc2cnc3c(c2)CN(C(=O)C2CCCO2)CC3)cs1. The van der Waals surface area contributed by atoms with E-state index in [0.29, 0.717) is 26.2 Å². The van der Waals surface area contributed by atoms with Gasteiger partial charge in [0.15, 0.2) is 0 Å². The molecule has 1 saturated heterocycles. The number of aromatic nitrogens is 2. The van der Waals surface area contributed by atoms with Crippen LogP contribution in [0.4, 0.5) is 0 Å². The van der Waals surface area contributed by atoms with Gasteiger partial charge in [0, 0.05) is 49.9 Å². The zero-order valence-corrected chi connectivity index (χ0v) is 16.8. The number of pyridine rings is 1. The van der Waals surface area contributed by atoms with E-state index >= 15 is 0 Å². The maximum absolute atomic E-state index is 12.6. The van der Waals surface area contributed by atoms with E-state index in [1.54, 1.807) is 11.3 Å². The van der Waals surface area contributed by atoms with Gasteiger partial charge in [-0.1, -0.05) is 0 Å². The van der Waals surface area contributed by atoms with Crippen LogP contribution in [0, 0.1) is 6.92 Å². The van der Waals surface area contributed by atoms with Gasteiger partial charge in [0.05, 0.1) is 17.1 Å². The summed E-state index contributed by atoms with van der Waals surface area (Å²) in [4.78, 5) is 35.5. The van der Waals surface area contributed by atoms with E-state index in [2.05, 4.69) is 15.3 Å². The first kappa shape index (κ1) is 19.0. The summed E-state index contributed by atoms with van der Waals surface area (Å²) in [5.41, 5.74) is 3.82. The molecule has 0 saturated carbocycles. The smallest absolute Gasteiger partial charge is 0.252 e. The van der Waals surface area contributed by atoms with Gasteiger partial charge >= 0.3 is 0 Å². The van der Waals surface area contributed by atoms with Crippen LogP contribution in [0.3, 0.4) is 0 Å². The highest BCUT2D eigenvalue weighted by Crippen LogP contribution is 2.22. The average molecular weight is 401 g/mol. The lowest BCUT2D eigenvalue weighted by molar-refractivity contribution is -0.141. The minimum absolute atomic E-state index is 0.0572. The lowest BCUT2D eigenvalue weighted by Crippen LogP contribution is -2.42. The van der Waals surface area contributed by atoms with E-state index in [1.807, 2.05) is 29.5 Å². The van der Waals surface area contributed by atoms with Gasteiger partial charge in [-0.2, -0.15) is 0 Å². The van der Waals surface area contributed by atoms with E-state index in [9.17, 15) is 9.59 Å². The molecule has 4 rings (SSSR count). The van der Waals surface area contributed by atoms with Crippen LogP contribution < -0.4 is 5.32 Å². The highest BCUT2D eigenvalue weighted by atomic mass is 32.1. The minimum Gasteiger partial charge on any atom is -0.368 e. The molecule has 2 aliphatic rings. The standard InChI is InChI=1S/C20H24N4O3S/c1-13-23-16(12-28-13)8-19(25)22-10-14-7-15-11-24(5-4-17(15)21-9-14)20(26)18-3-2-6-27-18/h7,9,12,18H,2-6,8,10-11H2,1H3,(H,22,25). The predicted octanol–water partition coefficient (Wildman–Crippen LogP) is 1.77. The first-order valence-corrected chi connectivity index (χ1v) is 10.5. The predicted molar refractivity (Wildman–Crippen MR) is 105 cm³/mol. The molecule has 2 aromatic heterocycles. The van der Waals surface area contributed by atoms with E-state index < -0.39 is 0 Å². The Morgan fingerprint density at radius 3 is 3.07 bits per heavy atom. The van der Waals surface area contributed by atoms with Crippen LogP contribution >= 0.6 is 11.3 Å². The second-order valence-corrected chi connectivity index (χ2v) is 8.33. The van der Waals surface area contributed by atoms with Gasteiger partial charge in [-0.3, -0.25) is 14.6 Å². The lowest BCUT2D eigenvalue weighted by Gasteiger charge is -2.30. The Labute approximate surface area is 168 Å². The summed E-state index contributed by atoms with van der Waals surface area (Å²) in [7, 11) is 0. The maximum atomic E-state index is 12.6. The molecule has 0 aromatic carbocycles. The number of aryl methyl sites for hydroxylation is 1. The number of hydrogen-bond acceptors (Lipinski definition) is 6. The molecule has 0 radical (unpaired) electrons. The fourth-order valence-corrected chi connectivity index (χ4v) is 4.27. The quantitative estimate of drug-likeness (QED) is 0.827. The minimum atomic E-state index is -0.286. The van der Waals surface area contributed by atoms with Crippen LogP contribution in [-0.2, 0) is 40.3 Å². The first-order valence-electron chi connectivity index (χ1n) is 9.63. The van der Waals surface area contributed by atoms with Gasteiger partial charge < -0.3 is 15.0 Å². The molecule has 7 nitrogen and oxygen atoms in total. The van der Waals surface area contributed by atoms with Crippen molar-refractivity contribution in [2.24, 2.45) is 0 Å². The first-order chi connectivity index (χ1) is 13.6. The third-order valence-corrected chi connectivity index (χ3v) is 5.93. The van der Waals surface area contributed by atoms with E-state index in [1.165, 1.54) is 0 Å². The molecule has 2 aromatic rings. The number of nitrogens with one attached hydrogen (secondary N) is 1. The van der Waals surface area contributed by atoms with Gasteiger partial charge in [0.25, 0.3) is 5.91 Å². The summed E-state index contributed by atoms with van der Waals surface area (Å²) in [5, 5.41) is 5.80. The van der Waals surface area contributed by atoms with Gasteiger partial charge in [-0.15, -0.1) is 11.3 Å². The van der Waals surface area contributed by atoms with E-state index in [0.717, 1.165) is 46.8 Å². The van der Waals surface area contributed by atoms with Gasteiger partial charge in [0.2, 0.25) is 5.91 Å². The number of carbonyl (C=O) groups is 2. The second-order valence-electron chi connectivity index (χ2n) is 7.27. The zero-order valence-electron chi connectivity index (χ0n) is 15.9. The average Bonchev–Trinajstić information content (AvgIpc) is 3.37. The maximum Gasteiger partial charge on any atom is 0.252 e. The molecule has 1 unspecified atom stereocenters. The van der Waals surface area contributed by atoms with Crippen LogP contribution in [0.5, 0.6) is 0 Å².